The van der Waals surface area contributed by atoms with Gasteiger partial charge in [-0.05, 0) is 19.8 Å². The standard InChI is InChI=1S/C11H19N3O4S/c1-4-6-7(3)18-11(15)9-10(19(12,16)17)8(5-2)13-14-9/h7H,4-6H2,1-3H3,(H,13,14)(H2,12,16,17). The van der Waals surface area contributed by atoms with Crippen molar-refractivity contribution in [2.45, 2.75) is 51.0 Å². The van der Waals surface area contributed by atoms with Crippen LogP contribution in [-0.2, 0) is 21.2 Å². The molecular weight excluding hydrogens is 270 g/mol. The molecule has 0 bridgehead atoms. The summed E-state index contributed by atoms with van der Waals surface area (Å²) in [6.45, 7) is 5.44. The highest BCUT2D eigenvalue weighted by Gasteiger charge is 2.28. The third-order valence-electron chi connectivity index (χ3n) is 2.63. The van der Waals surface area contributed by atoms with Gasteiger partial charge in [0, 0.05) is 0 Å². The Labute approximate surface area is 112 Å². The number of aryl methyl sites for hydroxylation is 1. The van der Waals surface area contributed by atoms with Crippen molar-refractivity contribution >= 4 is 16.0 Å². The topological polar surface area (TPSA) is 115 Å². The van der Waals surface area contributed by atoms with E-state index >= 15 is 0 Å². The predicted octanol–water partition coefficient (Wildman–Crippen LogP) is 0.965. The first-order chi connectivity index (χ1) is 8.81. The number of nitrogens with zero attached hydrogens (tertiary/aromatic N) is 1. The Hall–Kier alpha value is -1.41. The first-order valence-electron chi connectivity index (χ1n) is 6.12. The number of aromatic amines is 1. The maximum absolute atomic E-state index is 11.9. The molecule has 0 aromatic carbocycles. The Bertz CT molecular complexity index is 550. The van der Waals surface area contributed by atoms with E-state index in [2.05, 4.69) is 10.2 Å². The van der Waals surface area contributed by atoms with Gasteiger partial charge in [0.25, 0.3) is 0 Å². The molecule has 1 unspecified atom stereocenters. The number of H-pyrrole nitrogens is 1. The summed E-state index contributed by atoms with van der Waals surface area (Å²) < 4.78 is 28.2. The minimum atomic E-state index is -4.02. The normalized spacial score (nSPS) is 13.3. The number of nitrogens with two attached hydrogens (primary N) is 1. The van der Waals surface area contributed by atoms with Crippen molar-refractivity contribution < 1.29 is 17.9 Å². The van der Waals surface area contributed by atoms with Gasteiger partial charge in [0.1, 0.15) is 4.90 Å². The summed E-state index contributed by atoms with van der Waals surface area (Å²) in [5.41, 5.74) is 0.0277. The zero-order valence-corrected chi connectivity index (χ0v) is 12.1. The average Bonchev–Trinajstić information content (AvgIpc) is 2.72. The van der Waals surface area contributed by atoms with Crippen LogP contribution in [0.15, 0.2) is 4.90 Å². The number of carbonyl (C=O) groups is 1. The van der Waals surface area contributed by atoms with E-state index in [1.54, 1.807) is 13.8 Å². The third-order valence-corrected chi connectivity index (χ3v) is 3.64. The Balaban J connectivity index is 3.08. The van der Waals surface area contributed by atoms with E-state index < -0.39 is 16.0 Å². The molecule has 1 heterocycles. The number of aromatic nitrogens is 2. The molecule has 8 heteroatoms. The maximum atomic E-state index is 11.9. The van der Waals surface area contributed by atoms with Gasteiger partial charge in [0.05, 0.1) is 11.8 Å². The van der Waals surface area contributed by atoms with Crippen LogP contribution in [0.5, 0.6) is 0 Å². The zero-order chi connectivity index (χ0) is 14.6. The second-order valence-electron chi connectivity index (χ2n) is 4.28. The van der Waals surface area contributed by atoms with Gasteiger partial charge < -0.3 is 4.74 Å². The fourth-order valence-electron chi connectivity index (χ4n) is 1.76. The molecule has 0 fully saturated rings. The van der Waals surface area contributed by atoms with E-state index in [-0.39, 0.29) is 16.7 Å². The molecule has 1 rings (SSSR count). The first-order valence-corrected chi connectivity index (χ1v) is 7.66. The summed E-state index contributed by atoms with van der Waals surface area (Å²) in [5.74, 6) is -0.777. The Kier molecular flexibility index (Phi) is 5.07. The number of esters is 1. The van der Waals surface area contributed by atoms with Crippen molar-refractivity contribution in [3.05, 3.63) is 11.4 Å². The van der Waals surface area contributed by atoms with E-state index in [0.29, 0.717) is 18.5 Å². The second-order valence-corrected chi connectivity index (χ2v) is 5.78. The van der Waals surface area contributed by atoms with E-state index in [4.69, 9.17) is 9.88 Å². The minimum absolute atomic E-state index is 0.274. The largest absolute Gasteiger partial charge is 0.458 e. The van der Waals surface area contributed by atoms with Gasteiger partial charge in [-0.2, -0.15) is 5.10 Å². The van der Waals surface area contributed by atoms with Gasteiger partial charge in [0.15, 0.2) is 5.69 Å². The highest BCUT2D eigenvalue weighted by molar-refractivity contribution is 7.89. The quantitative estimate of drug-likeness (QED) is 0.757. The summed E-state index contributed by atoms with van der Waals surface area (Å²) >= 11 is 0. The van der Waals surface area contributed by atoms with Gasteiger partial charge in [-0.15, -0.1) is 0 Å². The van der Waals surface area contributed by atoms with Crippen LogP contribution in [0, 0.1) is 0 Å². The molecule has 1 aromatic rings. The molecule has 108 valence electrons. The molecule has 3 N–H and O–H groups in total. The van der Waals surface area contributed by atoms with Crippen molar-refractivity contribution in [1.29, 1.82) is 0 Å². The SMILES string of the molecule is CCCC(C)OC(=O)c1n[nH]c(CC)c1S(N)(=O)=O. The number of rotatable bonds is 6. The van der Waals surface area contributed by atoms with Crippen molar-refractivity contribution in [3.8, 4) is 0 Å². The van der Waals surface area contributed by atoms with Crippen LogP contribution in [0.1, 0.15) is 49.8 Å². The lowest BCUT2D eigenvalue weighted by molar-refractivity contribution is 0.0312. The van der Waals surface area contributed by atoms with Gasteiger partial charge in [0.2, 0.25) is 10.0 Å². The Morgan fingerprint density at radius 2 is 2.11 bits per heavy atom. The number of ether oxygens (including phenoxy) is 1. The summed E-state index contributed by atoms with van der Waals surface area (Å²) in [6.07, 6.45) is 1.63. The Morgan fingerprint density at radius 3 is 2.58 bits per heavy atom. The summed E-state index contributed by atoms with van der Waals surface area (Å²) in [5, 5.41) is 11.3. The lowest BCUT2D eigenvalue weighted by atomic mass is 10.2. The first kappa shape index (κ1) is 15.6. The number of hydrogen-bond acceptors (Lipinski definition) is 5. The number of nitrogens with one attached hydrogen (secondary N) is 1. The van der Waals surface area contributed by atoms with Crippen LogP contribution in [0.4, 0.5) is 0 Å². The fourth-order valence-corrected chi connectivity index (χ4v) is 2.69. The molecule has 1 atom stereocenters. The van der Waals surface area contributed by atoms with Crippen LogP contribution in [-0.4, -0.2) is 30.7 Å². The lowest BCUT2D eigenvalue weighted by Gasteiger charge is -2.11. The smallest absolute Gasteiger partial charge is 0.360 e. The number of hydrogen-bond donors (Lipinski definition) is 2. The van der Waals surface area contributed by atoms with Crippen molar-refractivity contribution in [2.24, 2.45) is 5.14 Å². The monoisotopic (exact) mass is 289 g/mol. The van der Waals surface area contributed by atoms with Crippen molar-refractivity contribution in [2.75, 3.05) is 0 Å². The van der Waals surface area contributed by atoms with Crippen LogP contribution in [0.3, 0.4) is 0 Å². The molecule has 0 aliphatic rings. The molecule has 1 aromatic heterocycles. The molecule has 0 spiro atoms. The highest BCUT2D eigenvalue weighted by atomic mass is 32.2. The number of primary sulfonamides is 1. The molecule has 19 heavy (non-hydrogen) atoms. The van der Waals surface area contributed by atoms with E-state index in [1.807, 2.05) is 6.92 Å². The van der Waals surface area contributed by atoms with Crippen molar-refractivity contribution in [3.63, 3.8) is 0 Å². The highest BCUT2D eigenvalue weighted by Crippen LogP contribution is 2.19. The van der Waals surface area contributed by atoms with Crippen LogP contribution >= 0.6 is 0 Å². The maximum Gasteiger partial charge on any atom is 0.360 e. The lowest BCUT2D eigenvalue weighted by Crippen LogP contribution is -2.21. The van der Waals surface area contributed by atoms with Crippen LogP contribution in [0.2, 0.25) is 0 Å². The molecule has 0 amide bonds. The zero-order valence-electron chi connectivity index (χ0n) is 11.3. The molecule has 0 aliphatic heterocycles. The number of sulfonamides is 1. The van der Waals surface area contributed by atoms with E-state index in [9.17, 15) is 13.2 Å². The predicted molar refractivity (Wildman–Crippen MR) is 69.1 cm³/mol. The van der Waals surface area contributed by atoms with E-state index in [1.165, 1.54) is 0 Å². The average molecular weight is 289 g/mol. The van der Waals surface area contributed by atoms with Crippen LogP contribution < -0.4 is 5.14 Å². The molecule has 0 saturated heterocycles. The number of carbonyl (C=O) groups excluding carboxylic acids is 1. The van der Waals surface area contributed by atoms with Gasteiger partial charge in [-0.25, -0.2) is 18.4 Å². The molecule has 0 aliphatic carbocycles. The molecular formula is C11H19N3O4S. The summed E-state index contributed by atoms with van der Waals surface area (Å²) in [4.78, 5) is 11.6. The minimum Gasteiger partial charge on any atom is -0.458 e. The molecule has 7 nitrogen and oxygen atoms in total. The third kappa shape index (κ3) is 3.77. The Morgan fingerprint density at radius 1 is 1.47 bits per heavy atom. The van der Waals surface area contributed by atoms with E-state index in [0.717, 1.165) is 6.42 Å². The summed E-state index contributed by atoms with van der Waals surface area (Å²) in [7, 11) is -4.02. The molecule has 0 saturated carbocycles. The second kappa shape index (κ2) is 6.16. The molecule has 0 radical (unpaired) electrons. The van der Waals surface area contributed by atoms with Gasteiger partial charge in [-0.3, -0.25) is 5.10 Å². The van der Waals surface area contributed by atoms with Crippen molar-refractivity contribution in [1.82, 2.24) is 10.2 Å². The summed E-state index contributed by atoms with van der Waals surface area (Å²) in [6, 6.07) is 0. The fraction of sp³-hybridized carbons (Fsp3) is 0.636. The van der Waals surface area contributed by atoms with Gasteiger partial charge >= 0.3 is 5.97 Å². The van der Waals surface area contributed by atoms with Crippen LogP contribution in [0.25, 0.3) is 0 Å². The van der Waals surface area contributed by atoms with Gasteiger partial charge in [-0.1, -0.05) is 20.3 Å².